The summed E-state index contributed by atoms with van der Waals surface area (Å²) in [6.45, 7) is 0. The second-order valence-corrected chi connectivity index (χ2v) is 28.7. The van der Waals surface area contributed by atoms with Crippen LogP contribution >= 0.6 is 5.59 Å². The number of hydrazine groups is 1. The van der Waals surface area contributed by atoms with Gasteiger partial charge in [-0.25, -0.2) is 0 Å². The number of para-hydroxylation sites is 2. The average molecular weight is 772 g/mol. The van der Waals surface area contributed by atoms with Gasteiger partial charge in [-0.1, -0.05) is 0 Å². The van der Waals surface area contributed by atoms with Gasteiger partial charge in [-0.15, -0.1) is 0 Å². The zero-order valence-electron chi connectivity index (χ0n) is 29.8. The van der Waals surface area contributed by atoms with Crippen LogP contribution in [-0.2, 0) is 14.6 Å². The fourth-order valence-corrected chi connectivity index (χ4v) is 36.5. The molecular formula is C45H57N3PRu. The van der Waals surface area contributed by atoms with Gasteiger partial charge < -0.3 is 0 Å². The van der Waals surface area contributed by atoms with Crippen LogP contribution in [0.2, 0.25) is 0 Å². The van der Waals surface area contributed by atoms with E-state index in [1.54, 1.807) is 4.35 Å². The molecule has 0 bridgehead atoms. The van der Waals surface area contributed by atoms with Gasteiger partial charge in [0.25, 0.3) is 0 Å². The molecule has 265 valence electrons. The molecule has 8 rings (SSSR count). The van der Waals surface area contributed by atoms with Gasteiger partial charge in [-0.3, -0.25) is 0 Å². The van der Waals surface area contributed by atoms with Crippen LogP contribution in [0.4, 0.5) is 11.4 Å². The molecule has 1 heterocycles. The molecule has 1 aliphatic heterocycles. The molecular weight excluding hydrogens is 715 g/mol. The zero-order valence-corrected chi connectivity index (χ0v) is 32.5. The quantitative estimate of drug-likeness (QED) is 0.142. The van der Waals surface area contributed by atoms with E-state index in [0.717, 1.165) is 17.0 Å². The molecule has 0 amide bonds. The van der Waals surface area contributed by atoms with Crippen molar-refractivity contribution < 1.29 is 14.6 Å². The van der Waals surface area contributed by atoms with E-state index >= 15 is 0 Å². The van der Waals surface area contributed by atoms with E-state index in [2.05, 4.69) is 141 Å². The van der Waals surface area contributed by atoms with Crippen LogP contribution in [0.1, 0.15) is 114 Å². The van der Waals surface area contributed by atoms with Crippen molar-refractivity contribution in [2.24, 2.45) is 0 Å². The third-order valence-corrected chi connectivity index (χ3v) is 33.8. The van der Waals surface area contributed by atoms with Crippen LogP contribution in [0.5, 0.6) is 0 Å². The van der Waals surface area contributed by atoms with Gasteiger partial charge >= 0.3 is 308 Å². The molecule has 4 fully saturated rings. The molecule has 3 aliphatic carbocycles. The monoisotopic (exact) mass is 772 g/mol. The Kier molecular flexibility index (Phi) is 11.2. The predicted molar refractivity (Wildman–Crippen MR) is 216 cm³/mol. The number of nitrogens with one attached hydrogen (secondary N) is 1. The van der Waals surface area contributed by atoms with Gasteiger partial charge in [-0.2, -0.15) is 0 Å². The van der Waals surface area contributed by atoms with Gasteiger partial charge in [0.15, 0.2) is 0 Å². The predicted octanol–water partition coefficient (Wildman–Crippen LogP) is 11.4. The zero-order chi connectivity index (χ0) is 33.6. The Morgan fingerprint density at radius 1 is 0.500 bits per heavy atom. The van der Waals surface area contributed by atoms with Gasteiger partial charge in [0.1, 0.15) is 0 Å². The van der Waals surface area contributed by atoms with E-state index in [0.29, 0.717) is 0 Å². The van der Waals surface area contributed by atoms with Gasteiger partial charge in [0.2, 0.25) is 0 Å². The van der Waals surface area contributed by atoms with Crippen molar-refractivity contribution in [2.75, 3.05) is 9.91 Å². The van der Waals surface area contributed by atoms with Crippen molar-refractivity contribution in [1.29, 1.82) is 0 Å². The number of anilines is 2. The van der Waals surface area contributed by atoms with Gasteiger partial charge in [-0.05, 0) is 0 Å². The molecule has 4 aliphatic rings. The SMILES string of the molecule is [CH](/c1ccccc1)=[Ru](=[C]1/N(c2ccccc2)NC(c2ccccc2)N1c1ccccc1)/[PH](C1CCCCC1)(C1CCCCC1)C1CCCCC1. The number of hydrogen-bond acceptors (Lipinski definition) is 3. The Balaban J connectivity index is 1.51. The van der Waals surface area contributed by atoms with Crippen LogP contribution in [0.25, 0.3) is 0 Å². The summed E-state index contributed by atoms with van der Waals surface area (Å²) in [7, 11) is 0. The maximum atomic E-state index is 4.23. The fourth-order valence-electron chi connectivity index (χ4n) is 10.1. The molecule has 4 aromatic carbocycles. The van der Waals surface area contributed by atoms with Crippen LogP contribution in [-0.4, -0.2) is 25.9 Å². The second-order valence-electron chi connectivity index (χ2n) is 15.2. The summed E-state index contributed by atoms with van der Waals surface area (Å²) < 4.78 is 4.60. The summed E-state index contributed by atoms with van der Waals surface area (Å²) in [5, 5.41) is 2.64. The molecule has 1 atom stereocenters. The van der Waals surface area contributed by atoms with E-state index in [9.17, 15) is 0 Å². The molecule has 50 heavy (non-hydrogen) atoms. The van der Waals surface area contributed by atoms with Gasteiger partial charge in [0, 0.05) is 0 Å². The third-order valence-electron chi connectivity index (χ3n) is 12.2. The number of rotatable bonds is 8. The van der Waals surface area contributed by atoms with E-state index in [1.165, 1.54) is 119 Å². The molecule has 1 unspecified atom stereocenters. The first-order chi connectivity index (χ1) is 24.8. The van der Waals surface area contributed by atoms with Gasteiger partial charge in [0.05, 0.1) is 0 Å². The Morgan fingerprint density at radius 3 is 1.40 bits per heavy atom. The molecule has 3 saturated carbocycles. The molecule has 3 nitrogen and oxygen atoms in total. The standard InChI is InChI=1S/C20H17N3.C18H33P.C7H6.Ru/c1-4-10-17(11-5-1)20-21-23(19-14-8-3-9-15-19)16-22(20)18-12-6-2-7-13-18;1-4-10-16(11-5-1)19(17-12-6-2-7-13-17)18-14-8-3-9-15-18;1-7-5-3-2-4-6-7;/h1-15,20-21H;16-18H,1-15H2;1-6H;/q;;;-1/p+1. The summed E-state index contributed by atoms with van der Waals surface area (Å²) >= 11 is -1.95. The maximum absolute atomic E-state index is 4.23. The molecule has 1 saturated heterocycles. The normalized spacial score (nSPS) is 23.3. The second kappa shape index (κ2) is 16.3. The Hall–Kier alpha value is -2.77. The first kappa shape index (κ1) is 34.3. The Morgan fingerprint density at radius 2 is 0.920 bits per heavy atom. The minimum absolute atomic E-state index is 0.0324. The fraction of sp³-hybridized carbons (Fsp3) is 0.422. The van der Waals surface area contributed by atoms with Crippen molar-refractivity contribution in [3.8, 4) is 0 Å². The van der Waals surface area contributed by atoms with Crippen LogP contribution in [0.15, 0.2) is 121 Å². The van der Waals surface area contributed by atoms with E-state index < -0.39 is 20.2 Å². The summed E-state index contributed by atoms with van der Waals surface area (Å²) in [4.78, 5) is 2.82. The first-order valence-electron chi connectivity index (χ1n) is 19.8. The topological polar surface area (TPSA) is 18.5 Å². The van der Waals surface area contributed by atoms with E-state index in [4.69, 9.17) is 0 Å². The summed E-state index contributed by atoms with van der Waals surface area (Å²) in [6, 6.07) is 45.8. The third kappa shape index (κ3) is 6.90. The summed E-state index contributed by atoms with van der Waals surface area (Å²) in [5.74, 6) is 0. The molecule has 0 spiro atoms. The van der Waals surface area contributed by atoms with Crippen molar-refractivity contribution in [3.05, 3.63) is 132 Å². The number of nitrogens with zero attached hydrogens (tertiary/aromatic N) is 2. The van der Waals surface area contributed by atoms with E-state index in [1.807, 2.05) is 0 Å². The molecule has 4 aromatic rings. The van der Waals surface area contributed by atoms with Crippen LogP contribution in [0, 0.1) is 0 Å². The average Bonchev–Trinajstić information content (AvgIpc) is 3.61. The Bertz CT molecular complexity index is 1690. The number of benzene rings is 4. The molecule has 5 heteroatoms. The molecule has 0 aromatic heterocycles. The molecule has 1 N–H and O–H groups in total. The summed E-state index contributed by atoms with van der Waals surface area (Å²) in [5.41, 5.74) is 10.4. The first-order valence-corrected chi connectivity index (χ1v) is 26.3. The summed E-state index contributed by atoms with van der Waals surface area (Å²) in [6.07, 6.45) is 21.9. The van der Waals surface area contributed by atoms with Crippen molar-refractivity contribution in [3.63, 3.8) is 0 Å². The van der Waals surface area contributed by atoms with E-state index in [-0.39, 0.29) is 6.17 Å². The van der Waals surface area contributed by atoms with Crippen molar-refractivity contribution in [2.45, 2.75) is 119 Å². The molecule has 0 radical (unpaired) electrons. The van der Waals surface area contributed by atoms with Crippen LogP contribution < -0.4 is 15.3 Å². The number of hydrogen-bond donors (Lipinski definition) is 1. The minimum atomic E-state index is -2.02. The van der Waals surface area contributed by atoms with Crippen molar-refractivity contribution in [1.82, 2.24) is 5.43 Å². The Labute approximate surface area is 306 Å². The van der Waals surface area contributed by atoms with Crippen molar-refractivity contribution >= 4 is 25.9 Å². The van der Waals surface area contributed by atoms with Crippen LogP contribution in [0.3, 0.4) is 0 Å².